The van der Waals surface area contributed by atoms with Crippen LogP contribution in [-0.4, -0.2) is 11.3 Å². The van der Waals surface area contributed by atoms with Gasteiger partial charge in [0.2, 0.25) is 0 Å². The van der Waals surface area contributed by atoms with Crippen LogP contribution in [0.15, 0.2) is 47.5 Å². The second kappa shape index (κ2) is 16.1. The third kappa shape index (κ3) is 9.81. The summed E-state index contributed by atoms with van der Waals surface area (Å²) in [5, 5.41) is 11.1. The summed E-state index contributed by atoms with van der Waals surface area (Å²) in [7, 11) is 9.87. The van der Waals surface area contributed by atoms with E-state index >= 15 is 0 Å². The zero-order valence-corrected chi connectivity index (χ0v) is 22.6. The molecule has 0 atom stereocenters. The van der Waals surface area contributed by atoms with Crippen molar-refractivity contribution < 1.29 is 26.0 Å². The predicted molar refractivity (Wildman–Crippen MR) is 132 cm³/mol. The van der Waals surface area contributed by atoms with Crippen molar-refractivity contribution in [3.05, 3.63) is 59.2 Å². The molecule has 1 aliphatic carbocycles. The van der Waals surface area contributed by atoms with Gasteiger partial charge in [-0.2, -0.15) is 0 Å². The summed E-state index contributed by atoms with van der Waals surface area (Å²) in [5.41, 5.74) is 3.98. The Labute approximate surface area is 207 Å². The van der Waals surface area contributed by atoms with E-state index in [9.17, 15) is 5.11 Å². The van der Waals surface area contributed by atoms with Gasteiger partial charge in [-0.15, -0.1) is 0 Å². The normalized spacial score (nSPS) is 16.6. The van der Waals surface area contributed by atoms with Crippen LogP contribution in [0.25, 0.3) is 0 Å². The Morgan fingerprint density at radius 3 is 1.90 bits per heavy atom. The van der Waals surface area contributed by atoms with Gasteiger partial charge in [0, 0.05) is 11.8 Å². The van der Waals surface area contributed by atoms with Crippen molar-refractivity contribution in [3.8, 4) is 5.75 Å². The summed E-state index contributed by atoms with van der Waals surface area (Å²) in [6.45, 7) is 2.05. The number of aliphatic imine (C=N–C) groups is 1. The first-order valence-electron chi connectivity index (χ1n) is 11.5. The van der Waals surface area contributed by atoms with Gasteiger partial charge in [-0.3, -0.25) is 4.99 Å². The van der Waals surface area contributed by atoms with Gasteiger partial charge in [-0.05, 0) is 48.9 Å². The zero-order valence-electron chi connectivity index (χ0n) is 18.6. The van der Waals surface area contributed by atoms with Crippen LogP contribution in [0.1, 0.15) is 93.2 Å². The molecule has 3 rings (SSSR count). The second-order valence-electron chi connectivity index (χ2n) is 8.36. The Balaban J connectivity index is 0.00000107. The monoisotopic (exact) mass is 537 g/mol. The summed E-state index contributed by atoms with van der Waals surface area (Å²) in [6.07, 6.45) is 16.3. The molecule has 0 unspecified atom stereocenters. The topological polar surface area (TPSA) is 32.6 Å². The van der Waals surface area contributed by atoms with Crippen molar-refractivity contribution in [2.45, 2.75) is 83.5 Å². The number of para-hydroxylation sites is 1. The van der Waals surface area contributed by atoms with Gasteiger partial charge in [0.25, 0.3) is 0 Å². The van der Waals surface area contributed by atoms with E-state index in [1.807, 2.05) is 36.5 Å². The summed E-state index contributed by atoms with van der Waals surface area (Å²) >= 11 is -0.826. The van der Waals surface area contributed by atoms with Crippen LogP contribution in [0.3, 0.4) is 0 Å². The summed E-state index contributed by atoms with van der Waals surface area (Å²) in [6, 6.07) is 14.2. The maximum atomic E-state index is 11.1. The number of benzene rings is 2. The van der Waals surface area contributed by atoms with Crippen molar-refractivity contribution in [3.63, 3.8) is 0 Å². The van der Waals surface area contributed by atoms with Crippen LogP contribution >= 0.6 is 17.0 Å². The fourth-order valence-electron chi connectivity index (χ4n) is 4.35. The first-order chi connectivity index (χ1) is 15.2. The van der Waals surface area contributed by atoms with E-state index in [0.717, 1.165) is 22.4 Å². The van der Waals surface area contributed by atoms with E-state index in [-0.39, 0.29) is 0 Å². The molecule has 1 saturated carbocycles. The number of hydrogen-bond donors (Lipinski definition) is 1. The van der Waals surface area contributed by atoms with Crippen LogP contribution in [0.2, 0.25) is 0 Å². The molecule has 0 aliphatic heterocycles. The Kier molecular flexibility index (Phi) is 13.8. The fraction of sp³-hybridized carbons (Fsp3) is 0.500. The number of aromatic hydroxyl groups is 1. The maximum absolute atomic E-state index is 11.1. The minimum atomic E-state index is -0.826. The van der Waals surface area contributed by atoms with Crippen LogP contribution in [0, 0.1) is 6.92 Å². The SMILES string of the molecule is Cc1ccc(C2CCCCCCCCCCC2)c(O)c1C=Nc1ccccc1.[Cl][Zr][Cl]. The summed E-state index contributed by atoms with van der Waals surface area (Å²) in [4.78, 5) is 4.58. The molecule has 5 heteroatoms. The predicted octanol–water partition coefficient (Wildman–Crippen LogP) is 9.22. The Bertz CT molecular complexity index is 770. The van der Waals surface area contributed by atoms with Crippen LogP contribution in [-0.2, 0) is 20.8 Å². The van der Waals surface area contributed by atoms with Crippen LogP contribution in [0.5, 0.6) is 5.75 Å². The number of phenolic OH excluding ortho intramolecular Hbond substituents is 1. The van der Waals surface area contributed by atoms with Crippen molar-refractivity contribution in [2.75, 3.05) is 0 Å². The van der Waals surface area contributed by atoms with E-state index in [2.05, 4.69) is 24.0 Å². The van der Waals surface area contributed by atoms with E-state index in [1.165, 1.54) is 70.6 Å². The van der Waals surface area contributed by atoms with Crippen LogP contribution in [0.4, 0.5) is 5.69 Å². The average Bonchev–Trinajstić information content (AvgIpc) is 2.76. The Morgan fingerprint density at radius 1 is 0.839 bits per heavy atom. The zero-order chi connectivity index (χ0) is 22.3. The first-order valence-corrected chi connectivity index (χ1v) is 17.9. The molecule has 31 heavy (non-hydrogen) atoms. The molecule has 0 aromatic heterocycles. The molecule has 0 heterocycles. The molecule has 1 fully saturated rings. The van der Waals surface area contributed by atoms with Crippen molar-refractivity contribution in [2.24, 2.45) is 4.99 Å². The molecule has 2 nitrogen and oxygen atoms in total. The Morgan fingerprint density at radius 2 is 1.35 bits per heavy atom. The van der Waals surface area contributed by atoms with Gasteiger partial charge < -0.3 is 5.11 Å². The molecular weight excluding hydrogens is 504 g/mol. The minimum absolute atomic E-state index is 0.441. The number of rotatable bonds is 3. The Hall–Kier alpha value is -0.627. The van der Waals surface area contributed by atoms with E-state index < -0.39 is 20.8 Å². The van der Waals surface area contributed by atoms with Gasteiger partial charge in [0.15, 0.2) is 0 Å². The third-order valence-corrected chi connectivity index (χ3v) is 6.11. The molecule has 0 saturated heterocycles. The number of halogens is 2. The molecule has 0 spiro atoms. The van der Waals surface area contributed by atoms with Crippen molar-refractivity contribution in [1.82, 2.24) is 0 Å². The van der Waals surface area contributed by atoms with Gasteiger partial charge in [0.05, 0.1) is 5.69 Å². The van der Waals surface area contributed by atoms with Crippen molar-refractivity contribution in [1.29, 1.82) is 0 Å². The summed E-state index contributed by atoms with van der Waals surface area (Å²) in [5.74, 6) is 0.903. The van der Waals surface area contributed by atoms with E-state index in [1.54, 1.807) is 0 Å². The first kappa shape index (κ1) is 26.6. The molecule has 168 valence electrons. The van der Waals surface area contributed by atoms with Gasteiger partial charge >= 0.3 is 37.9 Å². The molecule has 0 radical (unpaired) electrons. The van der Waals surface area contributed by atoms with E-state index in [0.29, 0.717) is 11.7 Å². The molecular formula is C26H35Cl2NOZr. The molecule has 2 aromatic carbocycles. The number of aryl methyl sites for hydroxylation is 1. The standard InChI is InChI=1S/C26H35NO.2ClH.Zr/c1-21-18-19-24(22-14-10-7-5-3-2-4-6-8-11-15-22)26(28)25(21)20-27-23-16-12-9-13-17-23;;;/h9,12-13,16-20,22,28H,2-8,10-11,14-15H2,1H3;2*1H;/q;;;+2/p-2. The van der Waals surface area contributed by atoms with Gasteiger partial charge in [0.1, 0.15) is 5.75 Å². The van der Waals surface area contributed by atoms with Gasteiger partial charge in [-0.1, -0.05) is 88.1 Å². The molecule has 2 aromatic rings. The number of phenols is 1. The van der Waals surface area contributed by atoms with E-state index in [4.69, 9.17) is 17.0 Å². The number of hydrogen-bond acceptors (Lipinski definition) is 2. The summed E-state index contributed by atoms with van der Waals surface area (Å²) < 4.78 is 0. The molecule has 1 N–H and O–H groups in total. The second-order valence-corrected chi connectivity index (χ2v) is 12.1. The molecule has 1 aliphatic rings. The molecule has 0 amide bonds. The third-order valence-electron chi connectivity index (χ3n) is 6.11. The van der Waals surface area contributed by atoms with Crippen LogP contribution < -0.4 is 0 Å². The average molecular weight is 540 g/mol. The van der Waals surface area contributed by atoms with Gasteiger partial charge in [-0.25, -0.2) is 0 Å². The molecule has 0 bridgehead atoms. The fourth-order valence-corrected chi connectivity index (χ4v) is 4.35. The van der Waals surface area contributed by atoms with Crippen molar-refractivity contribution >= 4 is 28.9 Å². The number of nitrogens with zero attached hydrogens (tertiary/aromatic N) is 1. The quantitative estimate of drug-likeness (QED) is 0.388.